The summed E-state index contributed by atoms with van der Waals surface area (Å²) in [7, 11) is 0. The Hall–Kier alpha value is -0.410. The van der Waals surface area contributed by atoms with Crippen molar-refractivity contribution in [3.8, 4) is 0 Å². The minimum atomic E-state index is 0.733. The van der Waals surface area contributed by atoms with Gasteiger partial charge in [-0.05, 0) is 31.1 Å². The topological polar surface area (TPSA) is 24.9 Å². The summed E-state index contributed by atoms with van der Waals surface area (Å²) in [6, 6.07) is 0.733. The van der Waals surface area contributed by atoms with Gasteiger partial charge in [0.2, 0.25) is 0 Å². The maximum absolute atomic E-state index is 4.31. The first kappa shape index (κ1) is 12.1. The molecular weight excluding hydrogens is 216 g/mol. The van der Waals surface area contributed by atoms with Gasteiger partial charge in [-0.25, -0.2) is 4.98 Å². The summed E-state index contributed by atoms with van der Waals surface area (Å²) in [5, 5.41) is 7.01. The third-order valence-corrected chi connectivity index (χ3v) is 4.50. The standard InChI is InChI=1S/C13H22N2S/c1-10-3-4-12(11(2)9-10)14-6-5-13-15-7-8-16-13/h7-8,10-12,14H,3-6,9H2,1-2H3. The third kappa shape index (κ3) is 3.29. The Bertz CT molecular complexity index is 297. The van der Waals surface area contributed by atoms with Crippen molar-refractivity contribution in [3.05, 3.63) is 16.6 Å². The van der Waals surface area contributed by atoms with Gasteiger partial charge >= 0.3 is 0 Å². The van der Waals surface area contributed by atoms with Gasteiger partial charge in [0.1, 0.15) is 0 Å². The van der Waals surface area contributed by atoms with Gasteiger partial charge in [0.25, 0.3) is 0 Å². The fourth-order valence-electron chi connectivity index (χ4n) is 2.71. The van der Waals surface area contributed by atoms with Crippen LogP contribution in [0.2, 0.25) is 0 Å². The smallest absolute Gasteiger partial charge is 0.0937 e. The predicted molar refractivity (Wildman–Crippen MR) is 69.8 cm³/mol. The van der Waals surface area contributed by atoms with Crippen LogP contribution in [0, 0.1) is 11.8 Å². The molecule has 0 saturated heterocycles. The van der Waals surface area contributed by atoms with Gasteiger partial charge in [0.05, 0.1) is 5.01 Å². The lowest BCUT2D eigenvalue weighted by atomic mass is 9.80. The van der Waals surface area contributed by atoms with Crippen molar-refractivity contribution in [2.24, 2.45) is 11.8 Å². The molecule has 2 nitrogen and oxygen atoms in total. The van der Waals surface area contributed by atoms with Crippen LogP contribution in [0.4, 0.5) is 0 Å². The average molecular weight is 238 g/mol. The van der Waals surface area contributed by atoms with Crippen LogP contribution in [0.25, 0.3) is 0 Å². The van der Waals surface area contributed by atoms with Gasteiger partial charge in [-0.2, -0.15) is 0 Å². The van der Waals surface area contributed by atoms with Crippen LogP contribution in [0.3, 0.4) is 0 Å². The van der Waals surface area contributed by atoms with Crippen LogP contribution >= 0.6 is 11.3 Å². The van der Waals surface area contributed by atoms with E-state index in [-0.39, 0.29) is 0 Å². The molecule has 3 unspecified atom stereocenters. The van der Waals surface area contributed by atoms with Crippen molar-refractivity contribution < 1.29 is 0 Å². The SMILES string of the molecule is CC1CCC(NCCc2nccs2)C(C)C1. The number of rotatable bonds is 4. The van der Waals surface area contributed by atoms with Crippen LogP contribution < -0.4 is 5.32 Å². The highest BCUT2D eigenvalue weighted by Gasteiger charge is 2.24. The van der Waals surface area contributed by atoms with Crippen molar-refractivity contribution >= 4 is 11.3 Å². The van der Waals surface area contributed by atoms with E-state index in [9.17, 15) is 0 Å². The zero-order chi connectivity index (χ0) is 11.4. The molecule has 90 valence electrons. The molecule has 2 rings (SSSR count). The van der Waals surface area contributed by atoms with Gasteiger partial charge in [-0.1, -0.05) is 13.8 Å². The number of nitrogens with one attached hydrogen (secondary N) is 1. The van der Waals surface area contributed by atoms with E-state index in [1.807, 2.05) is 6.20 Å². The number of nitrogens with zero attached hydrogens (tertiary/aromatic N) is 1. The van der Waals surface area contributed by atoms with Gasteiger partial charge in [0.15, 0.2) is 0 Å². The Morgan fingerprint density at radius 2 is 2.31 bits per heavy atom. The van der Waals surface area contributed by atoms with Gasteiger partial charge in [0, 0.05) is 30.6 Å². The molecule has 1 fully saturated rings. The number of thiazole rings is 1. The molecule has 1 saturated carbocycles. The quantitative estimate of drug-likeness (QED) is 0.872. The van der Waals surface area contributed by atoms with Crippen LogP contribution in [-0.2, 0) is 6.42 Å². The Balaban J connectivity index is 1.69. The Morgan fingerprint density at radius 3 is 3.00 bits per heavy atom. The molecule has 0 aliphatic heterocycles. The highest BCUT2D eigenvalue weighted by molar-refractivity contribution is 7.09. The molecule has 0 bridgehead atoms. The third-order valence-electron chi connectivity index (χ3n) is 3.66. The molecule has 3 heteroatoms. The molecule has 1 aromatic rings. The van der Waals surface area contributed by atoms with E-state index >= 15 is 0 Å². The summed E-state index contributed by atoms with van der Waals surface area (Å²) in [5.41, 5.74) is 0. The summed E-state index contributed by atoms with van der Waals surface area (Å²) in [6.07, 6.45) is 7.09. The fourth-order valence-corrected chi connectivity index (χ4v) is 3.33. The normalized spacial score (nSPS) is 30.5. The Labute approximate surface area is 102 Å². The maximum Gasteiger partial charge on any atom is 0.0937 e. The summed E-state index contributed by atoms with van der Waals surface area (Å²) >= 11 is 1.76. The molecule has 1 aromatic heterocycles. The number of aromatic nitrogens is 1. The fraction of sp³-hybridized carbons (Fsp3) is 0.769. The molecule has 0 amide bonds. The Kier molecular flexibility index (Phi) is 4.36. The molecule has 1 N–H and O–H groups in total. The van der Waals surface area contributed by atoms with Crippen LogP contribution in [0.5, 0.6) is 0 Å². The lowest BCUT2D eigenvalue weighted by Gasteiger charge is -2.33. The van der Waals surface area contributed by atoms with Crippen molar-refractivity contribution in [3.63, 3.8) is 0 Å². The zero-order valence-electron chi connectivity index (χ0n) is 10.3. The number of hydrogen-bond donors (Lipinski definition) is 1. The molecule has 1 aliphatic carbocycles. The van der Waals surface area contributed by atoms with Crippen molar-refractivity contribution in [1.82, 2.24) is 10.3 Å². The zero-order valence-corrected chi connectivity index (χ0v) is 11.1. The summed E-state index contributed by atoms with van der Waals surface area (Å²) in [6.45, 7) is 5.84. The minimum absolute atomic E-state index is 0.733. The van der Waals surface area contributed by atoms with Crippen molar-refractivity contribution in [1.29, 1.82) is 0 Å². The highest BCUT2D eigenvalue weighted by Crippen LogP contribution is 2.28. The van der Waals surface area contributed by atoms with Gasteiger partial charge in [-0.3, -0.25) is 0 Å². The summed E-state index contributed by atoms with van der Waals surface area (Å²) in [5.74, 6) is 1.76. The number of hydrogen-bond acceptors (Lipinski definition) is 3. The minimum Gasteiger partial charge on any atom is -0.313 e. The second-order valence-electron chi connectivity index (χ2n) is 5.13. The van der Waals surface area contributed by atoms with Crippen LogP contribution in [0.1, 0.15) is 38.1 Å². The predicted octanol–water partition coefficient (Wildman–Crippen LogP) is 3.10. The molecule has 1 heterocycles. The molecule has 1 aliphatic rings. The van der Waals surface area contributed by atoms with Crippen molar-refractivity contribution in [2.45, 2.75) is 45.6 Å². The Morgan fingerprint density at radius 1 is 1.44 bits per heavy atom. The lowest BCUT2D eigenvalue weighted by molar-refractivity contribution is 0.229. The largest absolute Gasteiger partial charge is 0.313 e. The van der Waals surface area contributed by atoms with E-state index in [2.05, 4.69) is 29.5 Å². The van der Waals surface area contributed by atoms with E-state index < -0.39 is 0 Å². The first-order chi connectivity index (χ1) is 7.75. The van der Waals surface area contributed by atoms with E-state index in [1.165, 1.54) is 24.3 Å². The monoisotopic (exact) mass is 238 g/mol. The molecule has 16 heavy (non-hydrogen) atoms. The molecule has 0 radical (unpaired) electrons. The molecule has 0 spiro atoms. The van der Waals surface area contributed by atoms with E-state index in [0.29, 0.717) is 0 Å². The van der Waals surface area contributed by atoms with Crippen LogP contribution in [0.15, 0.2) is 11.6 Å². The highest BCUT2D eigenvalue weighted by atomic mass is 32.1. The van der Waals surface area contributed by atoms with E-state index in [1.54, 1.807) is 11.3 Å². The lowest BCUT2D eigenvalue weighted by Crippen LogP contribution is -2.39. The molecule has 3 atom stereocenters. The molecular formula is C13H22N2S. The van der Waals surface area contributed by atoms with Crippen LogP contribution in [-0.4, -0.2) is 17.6 Å². The average Bonchev–Trinajstić information content (AvgIpc) is 2.74. The summed E-state index contributed by atoms with van der Waals surface area (Å²) in [4.78, 5) is 4.31. The second-order valence-corrected chi connectivity index (χ2v) is 6.11. The van der Waals surface area contributed by atoms with Gasteiger partial charge in [-0.15, -0.1) is 11.3 Å². The maximum atomic E-state index is 4.31. The second kappa shape index (κ2) is 5.78. The first-order valence-electron chi connectivity index (χ1n) is 6.37. The first-order valence-corrected chi connectivity index (χ1v) is 7.25. The summed E-state index contributed by atoms with van der Waals surface area (Å²) < 4.78 is 0. The molecule has 0 aromatic carbocycles. The van der Waals surface area contributed by atoms with E-state index in [0.717, 1.165) is 30.8 Å². The van der Waals surface area contributed by atoms with Crippen molar-refractivity contribution in [2.75, 3.05) is 6.54 Å². The van der Waals surface area contributed by atoms with E-state index in [4.69, 9.17) is 0 Å². The van der Waals surface area contributed by atoms with Gasteiger partial charge < -0.3 is 5.32 Å².